The number of nitrogens with one attached hydrogen (secondary N) is 1. The molecule has 88 valence electrons. The summed E-state index contributed by atoms with van der Waals surface area (Å²) in [5.41, 5.74) is -1.79. The van der Waals surface area contributed by atoms with E-state index < -0.39 is 34.8 Å². The average Bonchev–Trinajstić information content (AvgIpc) is 3.02. The van der Waals surface area contributed by atoms with E-state index in [9.17, 15) is 17.6 Å². The molecule has 2 rings (SSSR count). The molecule has 0 saturated heterocycles. The second-order valence-corrected chi connectivity index (χ2v) is 3.76. The summed E-state index contributed by atoms with van der Waals surface area (Å²) in [6.07, 6.45) is 0.960. The molecule has 1 aliphatic rings. The molecule has 2 N–H and O–H groups in total. The fourth-order valence-corrected chi connectivity index (χ4v) is 1.34. The first-order chi connectivity index (χ1) is 7.49. The van der Waals surface area contributed by atoms with Crippen molar-refractivity contribution in [2.75, 3.05) is 11.9 Å². The van der Waals surface area contributed by atoms with E-state index in [-0.39, 0.29) is 6.61 Å². The smallest absolute Gasteiger partial charge is 0.253 e. The number of aromatic nitrogens is 1. The van der Waals surface area contributed by atoms with Crippen molar-refractivity contribution in [1.29, 1.82) is 0 Å². The van der Waals surface area contributed by atoms with Crippen LogP contribution in [-0.4, -0.2) is 22.2 Å². The zero-order valence-electron chi connectivity index (χ0n) is 8.03. The molecule has 1 aromatic heterocycles. The highest BCUT2D eigenvalue weighted by Gasteiger charge is 2.43. The van der Waals surface area contributed by atoms with Gasteiger partial charge in [0.1, 0.15) is 5.69 Å². The Morgan fingerprint density at radius 2 is 1.62 bits per heavy atom. The quantitative estimate of drug-likeness (QED) is 0.618. The van der Waals surface area contributed by atoms with E-state index in [1.165, 1.54) is 0 Å². The molecule has 0 radical (unpaired) electrons. The van der Waals surface area contributed by atoms with Crippen LogP contribution in [0.25, 0.3) is 0 Å². The van der Waals surface area contributed by atoms with Crippen molar-refractivity contribution in [3.05, 3.63) is 23.5 Å². The Labute approximate surface area is 88.1 Å². The Kier molecular flexibility index (Phi) is 2.49. The molecule has 0 spiro atoms. The van der Waals surface area contributed by atoms with E-state index in [2.05, 4.69) is 10.3 Å². The fourth-order valence-electron chi connectivity index (χ4n) is 1.34. The molecule has 0 atom stereocenters. The van der Waals surface area contributed by atoms with Gasteiger partial charge in [-0.1, -0.05) is 0 Å². The summed E-state index contributed by atoms with van der Waals surface area (Å²) in [7, 11) is 0. The number of hydrogen-bond donors (Lipinski definition) is 2. The van der Waals surface area contributed by atoms with Crippen LogP contribution < -0.4 is 5.32 Å². The van der Waals surface area contributed by atoms with Gasteiger partial charge in [-0.05, 0) is 12.8 Å². The van der Waals surface area contributed by atoms with Crippen LogP contribution in [0, 0.1) is 23.5 Å². The third kappa shape index (κ3) is 1.71. The van der Waals surface area contributed by atoms with Crippen molar-refractivity contribution in [1.82, 2.24) is 4.98 Å². The molecule has 0 bridgehead atoms. The molecule has 16 heavy (non-hydrogen) atoms. The van der Waals surface area contributed by atoms with Crippen molar-refractivity contribution >= 4 is 5.69 Å². The first kappa shape index (κ1) is 11.1. The predicted molar refractivity (Wildman–Crippen MR) is 46.7 cm³/mol. The van der Waals surface area contributed by atoms with Crippen LogP contribution in [-0.2, 0) is 0 Å². The number of rotatable bonds is 3. The molecule has 1 fully saturated rings. The monoisotopic (exact) mass is 236 g/mol. The van der Waals surface area contributed by atoms with Crippen molar-refractivity contribution in [3.8, 4) is 0 Å². The normalized spacial score (nSPS) is 17.3. The lowest BCUT2D eigenvalue weighted by Gasteiger charge is -2.16. The average molecular weight is 236 g/mol. The maximum absolute atomic E-state index is 13.1. The summed E-state index contributed by atoms with van der Waals surface area (Å²) in [6, 6.07) is 0. The number of hydrogen-bond acceptors (Lipinski definition) is 3. The summed E-state index contributed by atoms with van der Waals surface area (Å²) in [5, 5.41) is 11.2. The minimum atomic E-state index is -1.71. The number of halogens is 4. The second kappa shape index (κ2) is 3.58. The molecular formula is C9H8F4N2O. The van der Waals surface area contributed by atoms with Gasteiger partial charge < -0.3 is 10.4 Å². The lowest BCUT2D eigenvalue weighted by molar-refractivity contribution is 0.265. The summed E-state index contributed by atoms with van der Waals surface area (Å²) in [4.78, 5) is 2.42. The molecule has 1 aliphatic carbocycles. The number of aliphatic hydroxyl groups is 1. The van der Waals surface area contributed by atoms with Crippen LogP contribution >= 0.6 is 0 Å². The van der Waals surface area contributed by atoms with Crippen molar-refractivity contribution < 1.29 is 22.7 Å². The molecule has 1 aromatic rings. The van der Waals surface area contributed by atoms with E-state index in [0.717, 1.165) is 0 Å². The predicted octanol–water partition coefficient (Wildman–Crippen LogP) is 1.57. The fraction of sp³-hybridized carbons (Fsp3) is 0.444. The van der Waals surface area contributed by atoms with Crippen LogP contribution in [0.4, 0.5) is 23.2 Å². The number of aliphatic hydroxyl groups excluding tert-OH is 1. The first-order valence-corrected chi connectivity index (χ1v) is 4.58. The van der Waals surface area contributed by atoms with E-state index >= 15 is 0 Å². The van der Waals surface area contributed by atoms with Crippen molar-refractivity contribution in [2.24, 2.45) is 0 Å². The van der Waals surface area contributed by atoms with Gasteiger partial charge >= 0.3 is 0 Å². The zero-order chi connectivity index (χ0) is 11.9. The van der Waals surface area contributed by atoms with Crippen molar-refractivity contribution in [3.63, 3.8) is 0 Å². The van der Waals surface area contributed by atoms with Crippen molar-refractivity contribution in [2.45, 2.75) is 18.4 Å². The Morgan fingerprint density at radius 1 is 1.12 bits per heavy atom. The largest absolute Gasteiger partial charge is 0.394 e. The molecule has 1 heterocycles. The molecule has 0 unspecified atom stereocenters. The second-order valence-electron chi connectivity index (χ2n) is 3.76. The third-order valence-corrected chi connectivity index (χ3v) is 2.54. The highest BCUT2D eigenvalue weighted by atomic mass is 19.2. The molecule has 0 aromatic carbocycles. The molecule has 0 aliphatic heterocycles. The van der Waals surface area contributed by atoms with Gasteiger partial charge in [-0.15, -0.1) is 0 Å². The first-order valence-electron chi connectivity index (χ1n) is 4.58. The van der Waals surface area contributed by atoms with Crippen LogP contribution in [0.15, 0.2) is 0 Å². The lowest BCUT2D eigenvalue weighted by Crippen LogP contribution is -2.27. The highest BCUT2D eigenvalue weighted by Crippen LogP contribution is 2.39. The minimum absolute atomic E-state index is 0.364. The van der Waals surface area contributed by atoms with Gasteiger partial charge in [0.05, 0.1) is 12.1 Å². The highest BCUT2D eigenvalue weighted by molar-refractivity contribution is 5.49. The van der Waals surface area contributed by atoms with E-state index in [4.69, 9.17) is 5.11 Å². The lowest BCUT2D eigenvalue weighted by atomic mass is 10.2. The van der Waals surface area contributed by atoms with Gasteiger partial charge in [0.25, 0.3) is 11.9 Å². The number of nitrogens with zero attached hydrogens (tertiary/aromatic N) is 1. The van der Waals surface area contributed by atoms with Crippen LogP contribution in [0.5, 0.6) is 0 Å². The molecule has 7 heteroatoms. The Bertz CT molecular complexity index is 408. The summed E-state index contributed by atoms with van der Waals surface area (Å²) in [6.45, 7) is -0.364. The van der Waals surface area contributed by atoms with E-state index in [1.807, 2.05) is 0 Å². The Morgan fingerprint density at radius 3 is 2.00 bits per heavy atom. The standard InChI is InChI=1S/C9H8F4N2O/c10-4-6(15-9(3-16)1-2-9)5(11)8(13)14-7(4)12/h16H,1-3H2,(H,14,15). The molecular weight excluding hydrogens is 228 g/mol. The topological polar surface area (TPSA) is 45.1 Å². The van der Waals surface area contributed by atoms with Gasteiger partial charge in [-0.25, -0.2) is 0 Å². The summed E-state index contributed by atoms with van der Waals surface area (Å²) in [5.74, 6) is -6.59. The van der Waals surface area contributed by atoms with Gasteiger partial charge in [-0.3, -0.25) is 0 Å². The van der Waals surface area contributed by atoms with Crippen LogP contribution in [0.1, 0.15) is 12.8 Å². The molecule has 0 amide bonds. The SMILES string of the molecule is OCC1(Nc2c(F)c(F)nc(F)c2F)CC1. The van der Waals surface area contributed by atoms with Gasteiger partial charge in [0.2, 0.25) is 11.6 Å². The maximum Gasteiger partial charge on any atom is 0.253 e. The zero-order valence-corrected chi connectivity index (χ0v) is 8.03. The number of pyridine rings is 1. The minimum Gasteiger partial charge on any atom is -0.394 e. The molecule has 3 nitrogen and oxygen atoms in total. The van der Waals surface area contributed by atoms with Gasteiger partial charge in [-0.2, -0.15) is 22.5 Å². The van der Waals surface area contributed by atoms with Crippen LogP contribution in [0.3, 0.4) is 0 Å². The third-order valence-electron chi connectivity index (χ3n) is 2.54. The summed E-state index contributed by atoms with van der Waals surface area (Å²) >= 11 is 0. The van der Waals surface area contributed by atoms with Crippen LogP contribution in [0.2, 0.25) is 0 Å². The van der Waals surface area contributed by atoms with E-state index in [0.29, 0.717) is 12.8 Å². The van der Waals surface area contributed by atoms with Gasteiger partial charge in [0.15, 0.2) is 0 Å². The molecule has 1 saturated carbocycles. The number of anilines is 1. The Hall–Kier alpha value is -1.37. The summed E-state index contributed by atoms with van der Waals surface area (Å²) < 4.78 is 51.7. The maximum atomic E-state index is 13.1. The Balaban J connectivity index is 2.39. The van der Waals surface area contributed by atoms with E-state index in [1.54, 1.807) is 0 Å². The van der Waals surface area contributed by atoms with Gasteiger partial charge in [0, 0.05) is 0 Å².